The molecule has 1 aromatic heterocycles. The quantitative estimate of drug-likeness (QED) is 0.269. The number of anilines is 2. The molecule has 0 unspecified atom stereocenters. The lowest BCUT2D eigenvalue weighted by Crippen LogP contribution is -2.26. The highest BCUT2D eigenvalue weighted by atomic mass is 32.2. The van der Waals surface area contributed by atoms with Crippen LogP contribution in [0.1, 0.15) is 0 Å². The van der Waals surface area contributed by atoms with Gasteiger partial charge in [0.2, 0.25) is 21.7 Å². The van der Waals surface area contributed by atoms with Crippen LogP contribution >= 0.6 is 0 Å². The maximum Gasteiger partial charge on any atom is 0.354 e. The summed E-state index contributed by atoms with van der Waals surface area (Å²) in [6.45, 7) is -0.0506. The van der Waals surface area contributed by atoms with Gasteiger partial charge in [-0.2, -0.15) is 0 Å². The standard InChI is InChI=1S/C7H13N7O4S/c1-9-19(17,18)3-2-10-6-5(14(15)16)7(13-8)12-4-11-6/h4,9H,2-3,8H2,1H3,(H2,10,11,12,13). The number of sulfonamides is 1. The molecule has 0 aliphatic rings. The van der Waals surface area contributed by atoms with Crippen LogP contribution < -0.4 is 21.3 Å². The van der Waals surface area contributed by atoms with Crippen molar-refractivity contribution in [1.82, 2.24) is 14.7 Å². The van der Waals surface area contributed by atoms with Gasteiger partial charge in [0.05, 0.1) is 10.7 Å². The van der Waals surface area contributed by atoms with Crippen LogP contribution in [0.2, 0.25) is 0 Å². The zero-order valence-corrected chi connectivity index (χ0v) is 10.8. The molecule has 0 saturated heterocycles. The molecule has 0 amide bonds. The molecule has 11 nitrogen and oxygen atoms in total. The Morgan fingerprint density at radius 2 is 2.05 bits per heavy atom. The summed E-state index contributed by atoms with van der Waals surface area (Å²) >= 11 is 0. The van der Waals surface area contributed by atoms with Gasteiger partial charge in [0.15, 0.2) is 0 Å². The van der Waals surface area contributed by atoms with E-state index in [9.17, 15) is 18.5 Å². The molecule has 0 atom stereocenters. The normalized spacial score (nSPS) is 11.1. The van der Waals surface area contributed by atoms with Crippen molar-refractivity contribution in [3.63, 3.8) is 0 Å². The Labute approximate surface area is 108 Å². The summed E-state index contributed by atoms with van der Waals surface area (Å²) in [6, 6.07) is 0. The highest BCUT2D eigenvalue weighted by molar-refractivity contribution is 7.89. The van der Waals surface area contributed by atoms with E-state index in [0.29, 0.717) is 0 Å². The largest absolute Gasteiger partial charge is 0.363 e. The van der Waals surface area contributed by atoms with Crippen LogP contribution in [-0.2, 0) is 10.0 Å². The Bertz CT molecular complexity index is 561. The van der Waals surface area contributed by atoms with E-state index in [-0.39, 0.29) is 23.9 Å². The molecule has 0 aliphatic carbocycles. The van der Waals surface area contributed by atoms with Crippen molar-refractivity contribution in [3.05, 3.63) is 16.4 Å². The minimum atomic E-state index is -3.40. The lowest BCUT2D eigenvalue weighted by molar-refractivity contribution is -0.383. The summed E-state index contributed by atoms with van der Waals surface area (Å²) in [6.07, 6.45) is 1.07. The van der Waals surface area contributed by atoms with Crippen LogP contribution in [0, 0.1) is 10.1 Å². The summed E-state index contributed by atoms with van der Waals surface area (Å²) in [7, 11) is -2.13. The number of nitro groups is 1. The number of hydrogen-bond donors (Lipinski definition) is 4. The van der Waals surface area contributed by atoms with E-state index in [4.69, 9.17) is 5.84 Å². The van der Waals surface area contributed by atoms with Crippen molar-refractivity contribution in [2.75, 3.05) is 30.1 Å². The van der Waals surface area contributed by atoms with Gasteiger partial charge in [0.25, 0.3) is 0 Å². The Kier molecular flexibility index (Phi) is 4.91. The zero-order chi connectivity index (χ0) is 14.5. The fourth-order valence-corrected chi connectivity index (χ4v) is 1.77. The molecule has 1 aromatic rings. The topological polar surface area (TPSA) is 165 Å². The minimum absolute atomic E-state index is 0.0506. The third kappa shape index (κ3) is 3.97. The molecule has 0 saturated carbocycles. The molecule has 1 rings (SSSR count). The van der Waals surface area contributed by atoms with Gasteiger partial charge in [-0.3, -0.25) is 10.1 Å². The molecule has 106 valence electrons. The second-order valence-electron chi connectivity index (χ2n) is 3.27. The number of nitrogens with zero attached hydrogens (tertiary/aromatic N) is 3. The van der Waals surface area contributed by atoms with E-state index in [1.165, 1.54) is 7.05 Å². The summed E-state index contributed by atoms with van der Waals surface area (Å²) in [5.41, 5.74) is 1.62. The highest BCUT2D eigenvalue weighted by Crippen LogP contribution is 2.27. The van der Waals surface area contributed by atoms with Crippen molar-refractivity contribution >= 4 is 27.3 Å². The van der Waals surface area contributed by atoms with Crippen LogP contribution in [0.25, 0.3) is 0 Å². The number of aromatic nitrogens is 2. The first-order chi connectivity index (χ1) is 8.91. The summed E-state index contributed by atoms with van der Waals surface area (Å²) in [4.78, 5) is 17.4. The average molecular weight is 291 g/mol. The van der Waals surface area contributed by atoms with Gasteiger partial charge >= 0.3 is 5.69 Å². The Morgan fingerprint density at radius 1 is 1.42 bits per heavy atom. The van der Waals surface area contributed by atoms with E-state index in [1.54, 1.807) is 0 Å². The molecule has 5 N–H and O–H groups in total. The average Bonchev–Trinajstić information content (AvgIpc) is 2.37. The fraction of sp³-hybridized carbons (Fsp3) is 0.429. The SMILES string of the molecule is CNS(=O)(=O)CCNc1ncnc(NN)c1[N+](=O)[O-]. The van der Waals surface area contributed by atoms with Crippen molar-refractivity contribution < 1.29 is 13.3 Å². The molecule has 1 heterocycles. The minimum Gasteiger partial charge on any atom is -0.363 e. The first-order valence-electron chi connectivity index (χ1n) is 5.02. The van der Waals surface area contributed by atoms with E-state index in [1.807, 2.05) is 0 Å². The molecule has 0 aromatic carbocycles. The molecular formula is C7H13N7O4S. The fourth-order valence-electron chi connectivity index (χ4n) is 1.19. The molecule has 0 spiro atoms. The lowest BCUT2D eigenvalue weighted by atomic mass is 10.4. The number of hydrazine groups is 1. The smallest absolute Gasteiger partial charge is 0.354 e. The molecule has 0 radical (unpaired) electrons. The van der Waals surface area contributed by atoms with E-state index in [2.05, 4.69) is 25.4 Å². The first kappa shape index (κ1) is 15.0. The molecule has 0 fully saturated rings. The van der Waals surface area contributed by atoms with Crippen LogP contribution in [0.3, 0.4) is 0 Å². The van der Waals surface area contributed by atoms with Crippen LogP contribution in [0.5, 0.6) is 0 Å². The predicted molar refractivity (Wildman–Crippen MR) is 67.8 cm³/mol. The summed E-state index contributed by atoms with van der Waals surface area (Å²) in [5.74, 6) is 4.57. The van der Waals surface area contributed by atoms with Gasteiger partial charge in [-0.1, -0.05) is 0 Å². The van der Waals surface area contributed by atoms with E-state index >= 15 is 0 Å². The Balaban J connectivity index is 2.87. The number of nitrogens with one attached hydrogen (secondary N) is 3. The Morgan fingerprint density at radius 3 is 2.58 bits per heavy atom. The van der Waals surface area contributed by atoms with Crippen LogP contribution in [0.4, 0.5) is 17.3 Å². The van der Waals surface area contributed by atoms with Gasteiger partial charge in [0.1, 0.15) is 6.33 Å². The number of hydrogen-bond acceptors (Lipinski definition) is 9. The maximum absolute atomic E-state index is 11.2. The molecule has 0 aliphatic heterocycles. The summed E-state index contributed by atoms with van der Waals surface area (Å²) in [5, 5.41) is 13.4. The van der Waals surface area contributed by atoms with Crippen LogP contribution in [-0.4, -0.2) is 42.7 Å². The summed E-state index contributed by atoms with van der Waals surface area (Å²) < 4.78 is 24.5. The van der Waals surface area contributed by atoms with E-state index < -0.39 is 20.6 Å². The van der Waals surface area contributed by atoms with E-state index in [0.717, 1.165) is 6.33 Å². The van der Waals surface area contributed by atoms with Crippen molar-refractivity contribution in [2.24, 2.45) is 5.84 Å². The zero-order valence-electron chi connectivity index (χ0n) is 9.95. The van der Waals surface area contributed by atoms with Gasteiger partial charge in [-0.05, 0) is 7.05 Å². The maximum atomic E-state index is 11.2. The lowest BCUT2D eigenvalue weighted by Gasteiger charge is -2.08. The van der Waals surface area contributed by atoms with Crippen molar-refractivity contribution in [3.8, 4) is 0 Å². The number of nitrogens with two attached hydrogens (primary N) is 1. The van der Waals surface area contributed by atoms with Gasteiger partial charge in [0, 0.05) is 6.54 Å². The number of rotatable bonds is 7. The van der Waals surface area contributed by atoms with Gasteiger partial charge in [-0.25, -0.2) is 29.0 Å². The van der Waals surface area contributed by atoms with Crippen molar-refractivity contribution in [1.29, 1.82) is 0 Å². The third-order valence-electron chi connectivity index (χ3n) is 2.12. The van der Waals surface area contributed by atoms with Crippen LogP contribution in [0.15, 0.2) is 6.33 Å². The molecule has 12 heteroatoms. The van der Waals surface area contributed by atoms with Gasteiger partial charge in [-0.15, -0.1) is 0 Å². The first-order valence-corrected chi connectivity index (χ1v) is 6.67. The molecule has 19 heavy (non-hydrogen) atoms. The third-order valence-corrected chi connectivity index (χ3v) is 3.48. The highest BCUT2D eigenvalue weighted by Gasteiger charge is 2.22. The van der Waals surface area contributed by atoms with Crippen molar-refractivity contribution in [2.45, 2.75) is 0 Å². The molecular weight excluding hydrogens is 278 g/mol. The second-order valence-corrected chi connectivity index (χ2v) is 5.32. The monoisotopic (exact) mass is 291 g/mol. The number of nitrogen functional groups attached to an aromatic ring is 1. The predicted octanol–water partition coefficient (Wildman–Crippen LogP) is -1.37. The Hall–Kier alpha value is -2.05. The second kappa shape index (κ2) is 6.21. The molecule has 0 bridgehead atoms. The van der Waals surface area contributed by atoms with Gasteiger partial charge < -0.3 is 10.7 Å².